The van der Waals surface area contributed by atoms with Gasteiger partial charge in [0.1, 0.15) is 0 Å². The van der Waals surface area contributed by atoms with Gasteiger partial charge in [0, 0.05) is 31.3 Å². The maximum Gasteiger partial charge on any atom is 0.380 e. The van der Waals surface area contributed by atoms with Crippen LogP contribution in [0.3, 0.4) is 0 Å². The smallest absolute Gasteiger partial charge is 0.380 e. The number of carbonyl (C=O) groups excluding carboxylic acids is 1. The van der Waals surface area contributed by atoms with E-state index in [-0.39, 0.29) is 12.6 Å². The Morgan fingerprint density at radius 1 is 1.32 bits per heavy atom. The van der Waals surface area contributed by atoms with Crippen LogP contribution in [0.2, 0.25) is 25.7 Å². The molecule has 1 aromatic carbocycles. The number of esters is 1. The van der Waals surface area contributed by atoms with E-state index in [2.05, 4.69) is 45.7 Å². The van der Waals surface area contributed by atoms with E-state index in [1.165, 1.54) is 0 Å². The van der Waals surface area contributed by atoms with Crippen LogP contribution in [0.15, 0.2) is 28.7 Å². The second-order valence-electron chi connectivity index (χ2n) is 6.85. The molecule has 136 valence electrons. The molecule has 6 nitrogen and oxygen atoms in total. The van der Waals surface area contributed by atoms with Crippen molar-refractivity contribution in [3.05, 3.63) is 34.6 Å². The molecule has 2 rings (SSSR count). The van der Waals surface area contributed by atoms with Gasteiger partial charge in [-0.25, -0.2) is 14.5 Å². The minimum absolute atomic E-state index is 0.0469. The molecule has 0 aliphatic carbocycles. The number of rotatable bonds is 8. The summed E-state index contributed by atoms with van der Waals surface area (Å²) in [6.45, 7) is 9.90. The van der Waals surface area contributed by atoms with Crippen LogP contribution in [0.25, 0.3) is 11.4 Å². The second-order valence-corrected chi connectivity index (χ2v) is 13.4. The Kier molecular flexibility index (Phi) is 6.92. The van der Waals surface area contributed by atoms with Crippen molar-refractivity contribution in [2.75, 3.05) is 13.4 Å². The molecule has 0 aliphatic heterocycles. The van der Waals surface area contributed by atoms with E-state index in [1.807, 2.05) is 31.2 Å². The molecule has 0 N–H and O–H groups in total. The van der Waals surface area contributed by atoms with E-state index in [0.29, 0.717) is 19.0 Å². The van der Waals surface area contributed by atoms with E-state index in [9.17, 15) is 4.79 Å². The lowest BCUT2D eigenvalue weighted by atomic mass is 10.2. The largest absolute Gasteiger partial charge is 0.433 e. The van der Waals surface area contributed by atoms with Gasteiger partial charge in [0.2, 0.25) is 0 Å². The minimum atomic E-state index is -1.15. The molecule has 25 heavy (non-hydrogen) atoms. The Bertz CT molecular complexity index is 728. The fourth-order valence-electron chi connectivity index (χ4n) is 2.09. The van der Waals surface area contributed by atoms with Crippen LogP contribution >= 0.6 is 15.9 Å². The summed E-state index contributed by atoms with van der Waals surface area (Å²) in [4.78, 5) is 16.5. The van der Waals surface area contributed by atoms with Gasteiger partial charge in [0.25, 0.3) is 5.82 Å². The van der Waals surface area contributed by atoms with Crippen LogP contribution in [0.1, 0.15) is 17.5 Å². The SMILES string of the molecule is CCn1nc(C(=O)OCOCC[Si](C)(C)C)nc1-c1cccc(Br)c1. The molecular weight excluding hydrogens is 402 g/mol. The fourth-order valence-corrected chi connectivity index (χ4v) is 3.24. The molecule has 8 heteroatoms. The minimum Gasteiger partial charge on any atom is -0.433 e. The molecule has 0 bridgehead atoms. The summed E-state index contributed by atoms with van der Waals surface area (Å²) < 4.78 is 13.1. The molecule has 2 aromatic rings. The van der Waals surface area contributed by atoms with Crippen LogP contribution in [0.5, 0.6) is 0 Å². The van der Waals surface area contributed by atoms with Crippen LogP contribution in [0, 0.1) is 0 Å². The predicted molar refractivity (Wildman–Crippen MR) is 103 cm³/mol. The van der Waals surface area contributed by atoms with E-state index in [4.69, 9.17) is 9.47 Å². The number of halogens is 1. The van der Waals surface area contributed by atoms with Gasteiger partial charge in [-0.1, -0.05) is 47.7 Å². The topological polar surface area (TPSA) is 66.2 Å². The van der Waals surface area contributed by atoms with Crippen molar-refractivity contribution in [2.24, 2.45) is 0 Å². The zero-order valence-corrected chi connectivity index (χ0v) is 17.7. The Morgan fingerprint density at radius 3 is 2.72 bits per heavy atom. The van der Waals surface area contributed by atoms with Crippen LogP contribution in [-0.4, -0.2) is 42.2 Å². The number of hydrogen-bond acceptors (Lipinski definition) is 5. The molecule has 0 saturated carbocycles. The Morgan fingerprint density at radius 2 is 2.08 bits per heavy atom. The first-order chi connectivity index (χ1) is 11.8. The van der Waals surface area contributed by atoms with Gasteiger partial charge < -0.3 is 9.47 Å². The lowest BCUT2D eigenvalue weighted by molar-refractivity contribution is -0.0285. The predicted octanol–water partition coefficient (Wildman–Crippen LogP) is 4.20. The van der Waals surface area contributed by atoms with Gasteiger partial charge in [-0.05, 0) is 25.1 Å². The molecule has 0 atom stereocenters. The molecule has 0 fully saturated rings. The lowest BCUT2D eigenvalue weighted by Crippen LogP contribution is -2.22. The quantitative estimate of drug-likeness (QED) is 0.274. The maximum atomic E-state index is 12.1. The summed E-state index contributed by atoms with van der Waals surface area (Å²) in [6, 6.07) is 8.74. The summed E-state index contributed by atoms with van der Waals surface area (Å²) in [7, 11) is -1.15. The third-order valence-electron chi connectivity index (χ3n) is 3.51. The van der Waals surface area contributed by atoms with Crippen molar-refractivity contribution in [3.8, 4) is 11.4 Å². The first kappa shape index (κ1) is 19.8. The van der Waals surface area contributed by atoms with Gasteiger partial charge in [-0.15, -0.1) is 5.10 Å². The number of benzene rings is 1. The molecular formula is C17H24BrN3O3Si. The molecule has 0 saturated heterocycles. The van der Waals surface area contributed by atoms with Crippen LogP contribution in [0.4, 0.5) is 0 Å². The first-order valence-electron chi connectivity index (χ1n) is 8.26. The third kappa shape index (κ3) is 6.05. The zero-order chi connectivity index (χ0) is 18.4. The molecule has 0 radical (unpaired) electrons. The molecule has 0 unspecified atom stereocenters. The van der Waals surface area contributed by atoms with Gasteiger partial charge in [0.05, 0.1) is 0 Å². The van der Waals surface area contributed by atoms with Crippen molar-refractivity contribution >= 4 is 30.0 Å². The normalized spacial score (nSPS) is 11.6. The highest BCUT2D eigenvalue weighted by Gasteiger charge is 2.19. The van der Waals surface area contributed by atoms with Crippen molar-refractivity contribution in [1.29, 1.82) is 0 Å². The third-order valence-corrected chi connectivity index (χ3v) is 5.70. The van der Waals surface area contributed by atoms with E-state index in [0.717, 1.165) is 16.1 Å². The average Bonchev–Trinajstić information content (AvgIpc) is 2.97. The number of hydrogen-bond donors (Lipinski definition) is 0. The van der Waals surface area contributed by atoms with E-state index >= 15 is 0 Å². The van der Waals surface area contributed by atoms with Crippen molar-refractivity contribution in [2.45, 2.75) is 39.2 Å². The Balaban J connectivity index is 1.99. The standard InChI is InChI=1S/C17H24BrN3O3Si/c1-5-21-16(13-7-6-8-14(18)11-13)19-15(20-21)17(22)24-12-23-9-10-25(2,3)4/h6-8,11H,5,9-10,12H2,1-4H3. The first-order valence-corrected chi connectivity index (χ1v) is 12.8. The zero-order valence-electron chi connectivity index (χ0n) is 15.1. The highest BCUT2D eigenvalue weighted by Crippen LogP contribution is 2.21. The maximum absolute atomic E-state index is 12.1. The molecule has 0 aliphatic rings. The van der Waals surface area contributed by atoms with Crippen LogP contribution < -0.4 is 0 Å². The number of aryl methyl sites for hydroxylation is 1. The second kappa shape index (κ2) is 8.73. The number of nitrogens with zero attached hydrogens (tertiary/aromatic N) is 3. The van der Waals surface area contributed by atoms with Crippen molar-refractivity contribution in [3.63, 3.8) is 0 Å². The van der Waals surface area contributed by atoms with Gasteiger partial charge in [-0.2, -0.15) is 0 Å². The molecule has 0 amide bonds. The molecule has 1 aromatic heterocycles. The number of carbonyl (C=O) groups is 1. The number of ether oxygens (including phenoxy) is 2. The van der Waals surface area contributed by atoms with Crippen molar-refractivity contribution < 1.29 is 14.3 Å². The fraction of sp³-hybridized carbons (Fsp3) is 0.471. The lowest BCUT2D eigenvalue weighted by Gasteiger charge is -2.14. The van der Waals surface area contributed by atoms with E-state index in [1.54, 1.807) is 4.68 Å². The molecule has 0 spiro atoms. The highest BCUT2D eigenvalue weighted by atomic mass is 79.9. The highest BCUT2D eigenvalue weighted by molar-refractivity contribution is 9.10. The van der Waals surface area contributed by atoms with Gasteiger partial charge in [0.15, 0.2) is 12.6 Å². The van der Waals surface area contributed by atoms with Gasteiger partial charge >= 0.3 is 5.97 Å². The summed E-state index contributed by atoms with van der Waals surface area (Å²) >= 11 is 3.44. The van der Waals surface area contributed by atoms with Crippen molar-refractivity contribution in [1.82, 2.24) is 14.8 Å². The van der Waals surface area contributed by atoms with Gasteiger partial charge in [-0.3, -0.25) is 0 Å². The summed E-state index contributed by atoms with van der Waals surface area (Å²) in [5, 5.41) is 4.24. The summed E-state index contributed by atoms with van der Waals surface area (Å²) in [5.74, 6) is 0.109. The van der Waals surface area contributed by atoms with Crippen LogP contribution in [-0.2, 0) is 16.0 Å². The molecule has 1 heterocycles. The summed E-state index contributed by atoms with van der Waals surface area (Å²) in [5.41, 5.74) is 0.883. The van der Waals surface area contributed by atoms with E-state index < -0.39 is 14.0 Å². The Hall–Kier alpha value is -1.51. The average molecular weight is 426 g/mol. The summed E-state index contributed by atoms with van der Waals surface area (Å²) in [6.07, 6.45) is 0. The Labute approximate surface area is 157 Å². The number of aromatic nitrogens is 3. The monoisotopic (exact) mass is 425 g/mol.